The number of amides is 4. The summed E-state index contributed by atoms with van der Waals surface area (Å²) in [6, 6.07) is 0. The van der Waals surface area contributed by atoms with Crippen LogP contribution in [0.5, 0.6) is 0 Å². The van der Waals surface area contributed by atoms with Crippen molar-refractivity contribution in [1.82, 2.24) is 31.1 Å². The lowest BCUT2D eigenvalue weighted by Gasteiger charge is -2.21. The van der Waals surface area contributed by atoms with E-state index in [0.29, 0.717) is 171 Å². The van der Waals surface area contributed by atoms with Crippen LogP contribution in [0.15, 0.2) is 0 Å². The van der Waals surface area contributed by atoms with Gasteiger partial charge in [-0.05, 0) is 69.1 Å². The zero-order chi connectivity index (χ0) is 53.1. The fraction of sp³-hybridized carbons (Fsp3) is 0.923. The second-order valence-electron chi connectivity index (χ2n) is 18.4. The molecule has 4 N–H and O–H groups in total. The third-order valence-corrected chi connectivity index (χ3v) is 11.5. The van der Waals surface area contributed by atoms with Gasteiger partial charge in [0.15, 0.2) is 0 Å². The van der Waals surface area contributed by atoms with Gasteiger partial charge in [-0.1, -0.05) is 34.6 Å². The molecule has 21 heteroatoms. The highest BCUT2D eigenvalue weighted by Crippen LogP contribution is 2.54. The van der Waals surface area contributed by atoms with Crippen LogP contribution in [0.4, 0.5) is 0 Å². The number of unbranched alkanes of at least 4 members (excludes halogenated alkanes) is 2. The Morgan fingerprint density at radius 2 is 0.712 bits per heavy atom. The van der Waals surface area contributed by atoms with Crippen molar-refractivity contribution in [1.29, 1.82) is 0 Å². The molecule has 430 valence electrons. The summed E-state index contributed by atoms with van der Waals surface area (Å²) in [7, 11) is 0. The summed E-state index contributed by atoms with van der Waals surface area (Å²) in [6.45, 7) is 25.0. The summed E-state index contributed by atoms with van der Waals surface area (Å²) in [6.07, 6.45) is 8.79. The van der Waals surface area contributed by atoms with Gasteiger partial charge in [-0.15, -0.1) is 0 Å². The zero-order valence-electron chi connectivity index (χ0n) is 46.1. The number of hydrogen-bond donors (Lipinski definition) is 4. The highest BCUT2D eigenvalue weighted by Gasteiger charge is 2.49. The smallest absolute Gasteiger partial charge is 0.234 e. The third kappa shape index (κ3) is 44.2. The van der Waals surface area contributed by atoms with Crippen LogP contribution >= 0.6 is 0 Å². The highest BCUT2D eigenvalue weighted by molar-refractivity contribution is 5.81. The number of nitrogens with one attached hydrogen (secondary N) is 4. The van der Waals surface area contributed by atoms with Crippen molar-refractivity contribution < 1.29 is 71.3 Å². The molecule has 1 rings (SSSR count). The summed E-state index contributed by atoms with van der Waals surface area (Å²) >= 11 is 0. The molecule has 0 bridgehead atoms. The number of hydrogen-bond acceptors (Lipinski definition) is 17. The van der Waals surface area contributed by atoms with Crippen LogP contribution in [0.25, 0.3) is 0 Å². The Morgan fingerprint density at radius 3 is 1.12 bits per heavy atom. The molecule has 73 heavy (non-hydrogen) atoms. The van der Waals surface area contributed by atoms with Crippen LogP contribution in [-0.2, 0) is 71.3 Å². The first kappa shape index (κ1) is 68.4. The predicted molar refractivity (Wildman–Crippen MR) is 280 cm³/mol. The van der Waals surface area contributed by atoms with Gasteiger partial charge in [0, 0.05) is 72.3 Å². The average Bonchev–Trinajstić information content (AvgIpc) is 4.03. The van der Waals surface area contributed by atoms with E-state index < -0.39 is 0 Å². The minimum atomic E-state index is -0.206. The Balaban J connectivity index is 2.19. The summed E-state index contributed by atoms with van der Waals surface area (Å²) < 4.78 is 62.3. The summed E-state index contributed by atoms with van der Waals surface area (Å²) in [4.78, 5) is 53.6. The highest BCUT2D eigenvalue weighted by atomic mass is 16.6. The van der Waals surface area contributed by atoms with Crippen LogP contribution in [0.2, 0.25) is 0 Å². The van der Waals surface area contributed by atoms with Crippen molar-refractivity contribution in [3.63, 3.8) is 0 Å². The molecule has 2 unspecified atom stereocenters. The van der Waals surface area contributed by atoms with Gasteiger partial charge in [-0.3, -0.25) is 29.0 Å². The van der Waals surface area contributed by atoms with Crippen molar-refractivity contribution in [3.05, 3.63) is 0 Å². The molecule has 1 saturated carbocycles. The Labute approximate surface area is 439 Å². The second-order valence-corrected chi connectivity index (χ2v) is 18.4. The zero-order valence-corrected chi connectivity index (χ0v) is 46.1. The van der Waals surface area contributed by atoms with Gasteiger partial charge in [0.05, 0.1) is 138 Å². The molecule has 21 nitrogen and oxygen atoms in total. The first-order valence-electron chi connectivity index (χ1n) is 27.5. The van der Waals surface area contributed by atoms with E-state index in [1.807, 2.05) is 13.8 Å². The topological polar surface area (TPSA) is 224 Å². The van der Waals surface area contributed by atoms with Gasteiger partial charge in [-0.25, -0.2) is 0 Å². The van der Waals surface area contributed by atoms with Gasteiger partial charge < -0.3 is 73.4 Å². The molecule has 1 aliphatic rings. The van der Waals surface area contributed by atoms with E-state index in [0.717, 1.165) is 77.6 Å². The molecule has 0 heterocycles. The molecule has 0 aliphatic heterocycles. The lowest BCUT2D eigenvalue weighted by Crippen LogP contribution is -2.45. The minimum Gasteiger partial charge on any atom is -0.381 e. The van der Waals surface area contributed by atoms with Crippen molar-refractivity contribution in [2.45, 2.75) is 92.4 Å². The summed E-state index contributed by atoms with van der Waals surface area (Å²) in [5.41, 5.74) is 0.214. The molecule has 1 fully saturated rings. The van der Waals surface area contributed by atoms with Crippen LogP contribution in [0, 0.1) is 11.3 Å². The van der Waals surface area contributed by atoms with Gasteiger partial charge in [0.25, 0.3) is 0 Å². The number of rotatable bonds is 57. The number of carbonyl (C=O) groups is 4. The van der Waals surface area contributed by atoms with Crippen LogP contribution in [0.3, 0.4) is 0 Å². The van der Waals surface area contributed by atoms with E-state index >= 15 is 0 Å². The number of carbonyl (C=O) groups excluding carboxylic acids is 4. The van der Waals surface area contributed by atoms with E-state index in [-0.39, 0.29) is 55.2 Å². The number of ether oxygens (including phenoxy) is 11. The van der Waals surface area contributed by atoms with Gasteiger partial charge >= 0.3 is 0 Å². The predicted octanol–water partition coefficient (Wildman–Crippen LogP) is 2.46. The molecule has 2 atom stereocenters. The van der Waals surface area contributed by atoms with E-state index in [1.165, 1.54) is 0 Å². The quantitative estimate of drug-likeness (QED) is 0.0643. The Hall–Kier alpha value is -2.64. The molecular formula is C52H102N6O15. The van der Waals surface area contributed by atoms with Gasteiger partial charge in [0.2, 0.25) is 23.6 Å². The maximum absolute atomic E-state index is 12.8. The van der Waals surface area contributed by atoms with Crippen LogP contribution in [-0.4, -0.2) is 244 Å². The van der Waals surface area contributed by atoms with Gasteiger partial charge in [0.1, 0.15) is 0 Å². The van der Waals surface area contributed by atoms with E-state index in [1.54, 1.807) is 9.80 Å². The van der Waals surface area contributed by atoms with Crippen molar-refractivity contribution in [2.24, 2.45) is 11.3 Å². The fourth-order valence-electron chi connectivity index (χ4n) is 7.11. The molecule has 4 amide bonds. The lowest BCUT2D eigenvalue weighted by atomic mass is 10.0. The molecule has 0 aromatic rings. The lowest BCUT2D eigenvalue weighted by molar-refractivity contribution is -0.127. The van der Waals surface area contributed by atoms with Crippen LogP contribution in [0.1, 0.15) is 92.4 Å². The standard InChI is InChI=1S/C52H102N6O15/c1-6-14-53-48(59)42-57(43-49(60)54-15-7-2)18-27-69-33-38-72-39-40-73-46-47-41-52(47,5)13-24-66-30-35-71-37-32-68-28-19-58(44-50(61)55-16-25-65-23-12-10-11-22-63-20-8-3)45-51(62)56-17-26-67-31-36-70-34-29-64-21-9-4/h47H,6-46H2,1-5H3,(H,53,59)(H,54,60)(H,55,61)(H,56,62). The molecule has 0 aromatic carbocycles. The Morgan fingerprint density at radius 1 is 0.384 bits per heavy atom. The number of nitrogens with zero attached hydrogens (tertiary/aromatic N) is 2. The van der Waals surface area contributed by atoms with E-state index in [4.69, 9.17) is 52.1 Å². The van der Waals surface area contributed by atoms with Crippen molar-refractivity contribution >= 4 is 23.6 Å². The Bertz CT molecular complexity index is 1250. The minimum absolute atomic E-state index is 0.0399. The monoisotopic (exact) mass is 1050 g/mol. The van der Waals surface area contributed by atoms with Crippen molar-refractivity contribution in [3.8, 4) is 0 Å². The molecule has 0 radical (unpaired) electrons. The third-order valence-electron chi connectivity index (χ3n) is 11.5. The molecule has 1 aliphatic carbocycles. The summed E-state index contributed by atoms with van der Waals surface area (Å²) in [5.74, 6) is -0.0904. The van der Waals surface area contributed by atoms with Gasteiger partial charge in [-0.2, -0.15) is 0 Å². The normalized spacial score (nSPS) is 15.3. The van der Waals surface area contributed by atoms with E-state index in [2.05, 4.69) is 42.0 Å². The SMILES string of the molecule is CCCNC(=O)CN(CCOCCOCCOCC1CC1(C)CCOCCOCCOCCN(CC(=O)NCCOCCCCCOCCC)CC(=O)NCCOCCOCCOCCC)CC(=O)NCCC. The van der Waals surface area contributed by atoms with Crippen molar-refractivity contribution in [2.75, 3.05) is 211 Å². The maximum atomic E-state index is 12.8. The average molecular weight is 1050 g/mol. The molecule has 0 saturated heterocycles. The second kappa shape index (κ2) is 50.2. The first-order chi connectivity index (χ1) is 35.7. The maximum Gasteiger partial charge on any atom is 0.234 e. The van der Waals surface area contributed by atoms with E-state index in [9.17, 15) is 19.2 Å². The van der Waals surface area contributed by atoms with Crippen LogP contribution < -0.4 is 21.3 Å². The fourth-order valence-corrected chi connectivity index (χ4v) is 7.11. The molecular weight excluding hydrogens is 949 g/mol. The molecule has 0 spiro atoms. The molecule has 0 aromatic heterocycles. The Kier molecular flexibility index (Phi) is 47.0. The first-order valence-corrected chi connectivity index (χ1v) is 27.5. The largest absolute Gasteiger partial charge is 0.381 e. The summed E-state index contributed by atoms with van der Waals surface area (Å²) in [5, 5.41) is 11.5.